The predicted octanol–water partition coefficient (Wildman–Crippen LogP) is 1.59. The Kier molecular flexibility index (Phi) is 2.57. The molecule has 4 atom stereocenters. The van der Waals surface area contributed by atoms with E-state index in [4.69, 9.17) is 4.74 Å². The SMILES string of the molecule is COc1cncc(C2CC3CCN2C32CCNC2)c1. The highest BCUT2D eigenvalue weighted by Crippen LogP contribution is 2.55. The number of hydrogen-bond acceptors (Lipinski definition) is 4. The van der Waals surface area contributed by atoms with Gasteiger partial charge in [-0.1, -0.05) is 0 Å². The van der Waals surface area contributed by atoms with Gasteiger partial charge < -0.3 is 10.1 Å². The molecule has 4 heterocycles. The zero-order valence-corrected chi connectivity index (χ0v) is 11.4. The minimum absolute atomic E-state index is 0.438. The van der Waals surface area contributed by atoms with Crippen LogP contribution in [-0.2, 0) is 0 Å². The van der Waals surface area contributed by atoms with Gasteiger partial charge in [0.05, 0.1) is 13.3 Å². The van der Waals surface area contributed by atoms with Crippen molar-refractivity contribution in [2.45, 2.75) is 30.8 Å². The molecule has 2 bridgehead atoms. The largest absolute Gasteiger partial charge is 0.495 e. The zero-order chi connectivity index (χ0) is 12.9. The number of rotatable bonds is 2. The molecule has 3 aliphatic rings. The number of ether oxygens (including phenoxy) is 1. The molecule has 1 aromatic heterocycles. The number of piperidine rings is 1. The molecule has 3 aliphatic heterocycles. The van der Waals surface area contributed by atoms with Crippen LogP contribution in [0.15, 0.2) is 18.5 Å². The van der Waals surface area contributed by atoms with E-state index in [1.807, 2.05) is 6.20 Å². The summed E-state index contributed by atoms with van der Waals surface area (Å²) >= 11 is 0. The standard InChI is InChI=1S/C15H21N3O/c1-19-13-6-11(8-17-9-13)14-7-12-2-5-18(14)15(12)3-4-16-10-15/h6,8-9,12,14,16H,2-5,7,10H2,1H3. The molecule has 19 heavy (non-hydrogen) atoms. The molecule has 3 fully saturated rings. The highest BCUT2D eigenvalue weighted by atomic mass is 16.5. The third-order valence-electron chi connectivity index (χ3n) is 5.45. The molecule has 0 aromatic carbocycles. The Balaban J connectivity index is 1.67. The predicted molar refractivity (Wildman–Crippen MR) is 73.2 cm³/mol. The number of nitrogens with zero attached hydrogens (tertiary/aromatic N) is 2. The van der Waals surface area contributed by atoms with Gasteiger partial charge in [0.1, 0.15) is 5.75 Å². The number of aromatic nitrogens is 1. The van der Waals surface area contributed by atoms with Gasteiger partial charge in [0.25, 0.3) is 0 Å². The summed E-state index contributed by atoms with van der Waals surface area (Å²) in [6.07, 6.45) is 7.78. The van der Waals surface area contributed by atoms with Crippen molar-refractivity contribution in [1.82, 2.24) is 15.2 Å². The van der Waals surface area contributed by atoms with Gasteiger partial charge in [0.15, 0.2) is 0 Å². The molecule has 0 saturated carbocycles. The van der Waals surface area contributed by atoms with E-state index >= 15 is 0 Å². The fourth-order valence-electron chi connectivity index (χ4n) is 4.56. The van der Waals surface area contributed by atoms with Crippen LogP contribution in [0.3, 0.4) is 0 Å². The highest BCUT2D eigenvalue weighted by molar-refractivity contribution is 5.29. The minimum atomic E-state index is 0.438. The molecule has 1 N–H and O–H groups in total. The lowest BCUT2D eigenvalue weighted by Gasteiger charge is -2.34. The quantitative estimate of drug-likeness (QED) is 0.875. The molecule has 1 spiro atoms. The Hall–Kier alpha value is -1.13. The summed E-state index contributed by atoms with van der Waals surface area (Å²) in [4.78, 5) is 7.08. The lowest BCUT2D eigenvalue weighted by molar-refractivity contribution is 0.146. The van der Waals surface area contributed by atoms with Crippen molar-refractivity contribution in [2.24, 2.45) is 5.92 Å². The van der Waals surface area contributed by atoms with E-state index in [-0.39, 0.29) is 0 Å². The lowest BCUT2D eigenvalue weighted by Crippen LogP contribution is -2.44. The molecule has 4 rings (SSSR count). The Bertz CT molecular complexity index is 484. The van der Waals surface area contributed by atoms with Crippen molar-refractivity contribution in [3.05, 3.63) is 24.0 Å². The van der Waals surface area contributed by atoms with Gasteiger partial charge >= 0.3 is 0 Å². The molecular weight excluding hydrogens is 238 g/mol. The van der Waals surface area contributed by atoms with Crippen molar-refractivity contribution < 1.29 is 4.74 Å². The van der Waals surface area contributed by atoms with Gasteiger partial charge in [-0.25, -0.2) is 0 Å². The van der Waals surface area contributed by atoms with Crippen LogP contribution in [0, 0.1) is 5.92 Å². The Morgan fingerprint density at radius 3 is 3.21 bits per heavy atom. The molecule has 4 heteroatoms. The van der Waals surface area contributed by atoms with Crippen LogP contribution in [-0.4, -0.2) is 42.2 Å². The molecule has 0 amide bonds. The first kappa shape index (κ1) is 11.7. The summed E-state index contributed by atoms with van der Waals surface area (Å²) in [7, 11) is 1.71. The Labute approximate surface area is 114 Å². The van der Waals surface area contributed by atoms with Crippen molar-refractivity contribution in [3.8, 4) is 5.75 Å². The fraction of sp³-hybridized carbons (Fsp3) is 0.667. The molecule has 4 nitrogen and oxygen atoms in total. The number of nitrogens with one attached hydrogen (secondary N) is 1. The average Bonchev–Trinajstić information content (AvgIpc) is 3.16. The second kappa shape index (κ2) is 4.18. The van der Waals surface area contributed by atoms with E-state index in [1.54, 1.807) is 13.3 Å². The first-order valence-electron chi connectivity index (χ1n) is 7.30. The van der Waals surface area contributed by atoms with E-state index in [2.05, 4.69) is 21.3 Å². The van der Waals surface area contributed by atoms with E-state index in [1.165, 1.54) is 44.5 Å². The fourth-order valence-corrected chi connectivity index (χ4v) is 4.56. The van der Waals surface area contributed by atoms with Crippen molar-refractivity contribution >= 4 is 0 Å². The molecule has 4 unspecified atom stereocenters. The summed E-state index contributed by atoms with van der Waals surface area (Å²) in [5.41, 5.74) is 1.76. The van der Waals surface area contributed by atoms with Gasteiger partial charge in [-0.3, -0.25) is 9.88 Å². The minimum Gasteiger partial charge on any atom is -0.495 e. The van der Waals surface area contributed by atoms with Crippen LogP contribution in [0.4, 0.5) is 0 Å². The Morgan fingerprint density at radius 1 is 1.47 bits per heavy atom. The molecule has 3 saturated heterocycles. The Morgan fingerprint density at radius 2 is 2.42 bits per heavy atom. The van der Waals surface area contributed by atoms with Gasteiger partial charge in [-0.05, 0) is 49.9 Å². The van der Waals surface area contributed by atoms with Crippen molar-refractivity contribution in [1.29, 1.82) is 0 Å². The summed E-state index contributed by atoms with van der Waals surface area (Å²) in [6, 6.07) is 2.70. The highest BCUT2D eigenvalue weighted by Gasteiger charge is 2.58. The van der Waals surface area contributed by atoms with Gasteiger partial charge in [0.2, 0.25) is 0 Å². The normalized spacial score (nSPS) is 40.2. The van der Waals surface area contributed by atoms with Crippen molar-refractivity contribution in [2.75, 3.05) is 26.7 Å². The van der Waals surface area contributed by atoms with Crippen LogP contribution in [0.1, 0.15) is 30.9 Å². The van der Waals surface area contributed by atoms with Gasteiger partial charge in [-0.15, -0.1) is 0 Å². The third-order valence-corrected chi connectivity index (χ3v) is 5.45. The molecule has 1 aromatic rings. The molecule has 0 aliphatic carbocycles. The maximum Gasteiger partial charge on any atom is 0.137 e. The second-order valence-corrected chi connectivity index (χ2v) is 6.12. The molecular formula is C15H21N3O. The zero-order valence-electron chi connectivity index (χ0n) is 11.4. The summed E-state index contributed by atoms with van der Waals surface area (Å²) < 4.78 is 5.32. The molecule has 0 radical (unpaired) electrons. The maximum atomic E-state index is 5.32. The summed E-state index contributed by atoms with van der Waals surface area (Å²) in [5, 5.41) is 3.57. The average molecular weight is 259 g/mol. The van der Waals surface area contributed by atoms with Crippen LogP contribution in [0.5, 0.6) is 5.75 Å². The third kappa shape index (κ3) is 1.56. The van der Waals surface area contributed by atoms with Crippen molar-refractivity contribution in [3.63, 3.8) is 0 Å². The van der Waals surface area contributed by atoms with Gasteiger partial charge in [-0.2, -0.15) is 0 Å². The van der Waals surface area contributed by atoms with E-state index in [9.17, 15) is 0 Å². The summed E-state index contributed by atoms with van der Waals surface area (Å²) in [6.45, 7) is 3.59. The first-order chi connectivity index (χ1) is 9.33. The van der Waals surface area contributed by atoms with E-state index in [0.717, 1.165) is 11.7 Å². The monoisotopic (exact) mass is 259 g/mol. The van der Waals surface area contributed by atoms with Crippen LogP contribution in [0.25, 0.3) is 0 Å². The molecule has 102 valence electrons. The van der Waals surface area contributed by atoms with Gasteiger partial charge in [0, 0.05) is 24.3 Å². The van der Waals surface area contributed by atoms with E-state index < -0.39 is 0 Å². The maximum absolute atomic E-state index is 5.32. The van der Waals surface area contributed by atoms with Crippen LogP contribution >= 0.6 is 0 Å². The number of hydrogen-bond donors (Lipinski definition) is 1. The smallest absolute Gasteiger partial charge is 0.137 e. The number of pyridine rings is 1. The van der Waals surface area contributed by atoms with E-state index in [0.29, 0.717) is 11.6 Å². The topological polar surface area (TPSA) is 37.4 Å². The summed E-state index contributed by atoms with van der Waals surface area (Å²) in [5.74, 6) is 1.73. The van der Waals surface area contributed by atoms with Crippen LogP contribution < -0.4 is 10.1 Å². The second-order valence-electron chi connectivity index (χ2n) is 6.12. The number of methoxy groups -OCH3 is 1. The lowest BCUT2D eigenvalue weighted by atomic mass is 9.84. The first-order valence-corrected chi connectivity index (χ1v) is 7.30. The van der Waals surface area contributed by atoms with Crippen LogP contribution in [0.2, 0.25) is 0 Å².